The van der Waals surface area contributed by atoms with E-state index in [1.54, 1.807) is 4.57 Å². The highest BCUT2D eigenvalue weighted by molar-refractivity contribution is 6.02. The molecule has 0 atom stereocenters. The first kappa shape index (κ1) is 23.0. The molecule has 0 radical (unpaired) electrons. The molecule has 4 rings (SSSR count). The Morgan fingerprint density at radius 2 is 1.57 bits per heavy atom. The van der Waals surface area contributed by atoms with E-state index in [4.69, 9.17) is 0 Å². The molecule has 4 nitrogen and oxygen atoms in total. The molecule has 2 aromatic heterocycles. The predicted octanol–water partition coefficient (Wildman–Crippen LogP) is 6.82. The zero-order chi connectivity index (χ0) is 22.1. The van der Waals surface area contributed by atoms with Gasteiger partial charge < -0.3 is 9.88 Å². The summed E-state index contributed by atoms with van der Waals surface area (Å²) < 4.78 is 3.59. The van der Waals surface area contributed by atoms with E-state index in [9.17, 15) is 4.79 Å². The Bertz CT molecular complexity index is 1070. The molecule has 0 aliphatic carbocycles. The third kappa shape index (κ3) is 5.01. The van der Waals surface area contributed by atoms with Crippen LogP contribution in [-0.2, 0) is 7.05 Å². The van der Waals surface area contributed by atoms with Gasteiger partial charge in [-0.25, -0.2) is 0 Å². The number of hydrogen-bond donors (Lipinski definition) is 1. The smallest absolute Gasteiger partial charge is 0.278 e. The molecule has 0 saturated carbocycles. The lowest BCUT2D eigenvalue weighted by Gasteiger charge is -2.05. The summed E-state index contributed by atoms with van der Waals surface area (Å²) in [5.74, 6) is -0.0261. The molecule has 0 aliphatic heterocycles. The van der Waals surface area contributed by atoms with Gasteiger partial charge in [0.1, 0.15) is 5.69 Å². The van der Waals surface area contributed by atoms with Crippen molar-refractivity contribution in [3.8, 4) is 11.1 Å². The van der Waals surface area contributed by atoms with Crippen molar-refractivity contribution in [2.45, 2.75) is 34.1 Å². The number of aromatic nitrogens is 2. The highest BCUT2D eigenvalue weighted by Crippen LogP contribution is 2.25. The minimum atomic E-state index is -0.0261. The lowest BCUT2D eigenvalue weighted by atomic mass is 10.1. The SMILES string of the molecule is CC.CCC.CNc1ccc(-c2cc(C(=O)n3ccc4ccccc43)n(C)c2)cc1. The van der Waals surface area contributed by atoms with Gasteiger partial charge in [-0.15, -0.1) is 0 Å². The van der Waals surface area contributed by atoms with Gasteiger partial charge in [0.05, 0.1) is 5.52 Å². The molecule has 0 aliphatic rings. The van der Waals surface area contributed by atoms with Crippen molar-refractivity contribution >= 4 is 22.5 Å². The molecule has 0 saturated heterocycles. The predicted molar refractivity (Wildman–Crippen MR) is 129 cm³/mol. The second-order valence-corrected chi connectivity index (χ2v) is 6.81. The number of para-hydroxylation sites is 1. The molecular weight excluding hydrogens is 370 g/mol. The number of nitrogens with one attached hydrogen (secondary N) is 1. The summed E-state index contributed by atoms with van der Waals surface area (Å²) >= 11 is 0. The minimum Gasteiger partial charge on any atom is -0.388 e. The van der Waals surface area contributed by atoms with Crippen LogP contribution in [-0.4, -0.2) is 22.1 Å². The van der Waals surface area contributed by atoms with E-state index in [0.29, 0.717) is 5.69 Å². The molecule has 158 valence electrons. The number of rotatable bonds is 3. The molecule has 0 amide bonds. The lowest BCUT2D eigenvalue weighted by Crippen LogP contribution is -2.14. The number of nitrogens with zero attached hydrogens (tertiary/aromatic N) is 2. The van der Waals surface area contributed by atoms with Crippen LogP contribution in [0.15, 0.2) is 73.1 Å². The average Bonchev–Trinajstić information content (AvgIpc) is 3.39. The van der Waals surface area contributed by atoms with Crippen molar-refractivity contribution in [3.05, 3.63) is 78.8 Å². The lowest BCUT2D eigenvalue weighted by molar-refractivity contribution is 0.0957. The van der Waals surface area contributed by atoms with Crippen molar-refractivity contribution in [1.29, 1.82) is 0 Å². The van der Waals surface area contributed by atoms with E-state index in [2.05, 4.69) is 31.3 Å². The summed E-state index contributed by atoms with van der Waals surface area (Å²) in [4.78, 5) is 13.0. The Kier molecular flexibility index (Phi) is 8.48. The van der Waals surface area contributed by atoms with Crippen molar-refractivity contribution in [1.82, 2.24) is 9.13 Å². The quantitative estimate of drug-likeness (QED) is 0.408. The summed E-state index contributed by atoms with van der Waals surface area (Å²) in [6.07, 6.45) is 5.08. The van der Waals surface area contributed by atoms with E-state index in [1.165, 1.54) is 6.42 Å². The minimum absolute atomic E-state index is 0.0261. The van der Waals surface area contributed by atoms with Crippen LogP contribution in [0.5, 0.6) is 0 Å². The zero-order valence-electron chi connectivity index (χ0n) is 18.9. The van der Waals surface area contributed by atoms with Crippen LogP contribution in [0.4, 0.5) is 5.69 Å². The van der Waals surface area contributed by atoms with Crippen molar-refractivity contribution in [2.24, 2.45) is 7.05 Å². The van der Waals surface area contributed by atoms with E-state index in [1.807, 2.05) is 93.4 Å². The molecule has 4 aromatic rings. The molecule has 2 heterocycles. The fraction of sp³-hybridized carbons (Fsp3) is 0.269. The fourth-order valence-corrected chi connectivity index (χ4v) is 3.15. The van der Waals surface area contributed by atoms with Gasteiger partial charge in [-0.3, -0.25) is 9.36 Å². The number of fused-ring (bicyclic) bond motifs is 1. The maximum Gasteiger partial charge on any atom is 0.278 e. The van der Waals surface area contributed by atoms with Gasteiger partial charge in [0.25, 0.3) is 5.91 Å². The van der Waals surface area contributed by atoms with Gasteiger partial charge in [0, 0.05) is 43.1 Å². The third-order valence-corrected chi connectivity index (χ3v) is 4.55. The van der Waals surface area contributed by atoms with Crippen LogP contribution in [0, 0.1) is 0 Å². The highest BCUT2D eigenvalue weighted by Gasteiger charge is 2.16. The number of carbonyl (C=O) groups excluding carboxylic acids is 1. The topological polar surface area (TPSA) is 39.0 Å². The monoisotopic (exact) mass is 403 g/mol. The maximum atomic E-state index is 13.0. The molecule has 2 aromatic carbocycles. The molecule has 0 unspecified atom stereocenters. The van der Waals surface area contributed by atoms with Crippen LogP contribution < -0.4 is 5.32 Å². The Hall–Kier alpha value is -3.27. The molecular formula is C26H33N3O. The molecule has 0 spiro atoms. The Morgan fingerprint density at radius 3 is 2.20 bits per heavy atom. The van der Waals surface area contributed by atoms with Crippen LogP contribution in [0.25, 0.3) is 22.0 Å². The van der Waals surface area contributed by atoms with Gasteiger partial charge >= 0.3 is 0 Å². The van der Waals surface area contributed by atoms with Crippen LogP contribution in [0.3, 0.4) is 0 Å². The Labute approximate surface area is 180 Å². The highest BCUT2D eigenvalue weighted by atomic mass is 16.2. The summed E-state index contributed by atoms with van der Waals surface area (Å²) in [6, 6.07) is 20.0. The first-order valence-corrected chi connectivity index (χ1v) is 10.6. The Balaban J connectivity index is 0.000000590. The first-order valence-electron chi connectivity index (χ1n) is 10.6. The number of aryl methyl sites for hydroxylation is 1. The fourth-order valence-electron chi connectivity index (χ4n) is 3.15. The van der Waals surface area contributed by atoms with E-state index in [0.717, 1.165) is 27.7 Å². The van der Waals surface area contributed by atoms with Crippen LogP contribution in [0.1, 0.15) is 44.6 Å². The number of carbonyl (C=O) groups is 1. The number of benzene rings is 2. The molecule has 1 N–H and O–H groups in total. The second-order valence-electron chi connectivity index (χ2n) is 6.81. The van der Waals surface area contributed by atoms with Gasteiger partial charge in [-0.1, -0.05) is 64.4 Å². The zero-order valence-corrected chi connectivity index (χ0v) is 18.9. The summed E-state index contributed by atoms with van der Waals surface area (Å²) in [5.41, 5.74) is 4.77. The van der Waals surface area contributed by atoms with Crippen molar-refractivity contribution in [3.63, 3.8) is 0 Å². The van der Waals surface area contributed by atoms with E-state index < -0.39 is 0 Å². The summed E-state index contributed by atoms with van der Waals surface area (Å²) in [7, 11) is 3.81. The molecule has 30 heavy (non-hydrogen) atoms. The third-order valence-electron chi connectivity index (χ3n) is 4.55. The van der Waals surface area contributed by atoms with E-state index >= 15 is 0 Å². The van der Waals surface area contributed by atoms with Crippen LogP contribution in [0.2, 0.25) is 0 Å². The average molecular weight is 404 g/mol. The maximum absolute atomic E-state index is 13.0. The second kappa shape index (κ2) is 11.1. The van der Waals surface area contributed by atoms with Gasteiger partial charge in [-0.05, 0) is 35.9 Å². The molecule has 0 fully saturated rings. The molecule has 4 heteroatoms. The van der Waals surface area contributed by atoms with E-state index in [-0.39, 0.29) is 5.91 Å². The number of anilines is 1. The Morgan fingerprint density at radius 1 is 0.933 bits per heavy atom. The summed E-state index contributed by atoms with van der Waals surface area (Å²) in [5, 5.41) is 4.18. The normalized spacial score (nSPS) is 9.93. The van der Waals surface area contributed by atoms with Crippen LogP contribution >= 0.6 is 0 Å². The first-order chi connectivity index (χ1) is 14.6. The number of hydrogen-bond acceptors (Lipinski definition) is 2. The summed E-state index contributed by atoms with van der Waals surface area (Å²) in [6.45, 7) is 8.25. The van der Waals surface area contributed by atoms with Gasteiger partial charge in [-0.2, -0.15) is 0 Å². The standard InChI is InChI=1S/C21H19N3O.C3H8.C2H6/c1-22-18-9-7-15(8-10-18)17-13-20(23(2)14-17)21(25)24-12-11-16-5-3-4-6-19(16)24;1-3-2;1-2/h3-14,22H,1-2H3;3H2,1-2H3;1-2H3. The van der Waals surface area contributed by atoms with Gasteiger partial charge in [0.2, 0.25) is 0 Å². The van der Waals surface area contributed by atoms with Crippen molar-refractivity contribution in [2.75, 3.05) is 12.4 Å². The molecule has 0 bridgehead atoms. The van der Waals surface area contributed by atoms with Crippen molar-refractivity contribution < 1.29 is 4.79 Å². The largest absolute Gasteiger partial charge is 0.388 e. The van der Waals surface area contributed by atoms with Gasteiger partial charge in [0.15, 0.2) is 0 Å².